The van der Waals surface area contributed by atoms with Crippen LogP contribution in [0.5, 0.6) is 0 Å². The molecule has 94 valence electrons. The van der Waals surface area contributed by atoms with Crippen molar-refractivity contribution in [2.24, 2.45) is 0 Å². The molecule has 1 aliphatic heterocycles. The van der Waals surface area contributed by atoms with Gasteiger partial charge in [0.2, 0.25) is 0 Å². The highest BCUT2D eigenvalue weighted by atomic mass is 15.1. The fraction of sp³-hybridized carbons (Fsp3) is 0.600. The number of rotatable bonds is 3. The minimum atomic E-state index is 0.694. The lowest BCUT2D eigenvalue weighted by Crippen LogP contribution is -2.30. The molecule has 1 saturated heterocycles. The highest BCUT2D eigenvalue weighted by Gasteiger charge is 2.14. The summed E-state index contributed by atoms with van der Waals surface area (Å²) < 4.78 is 0. The number of hydrogen-bond donors (Lipinski definition) is 1. The topological polar surface area (TPSA) is 15.3 Å². The van der Waals surface area contributed by atoms with Gasteiger partial charge in [-0.2, -0.15) is 0 Å². The maximum Gasteiger partial charge on any atom is 0.0210 e. The van der Waals surface area contributed by atoms with E-state index in [0.717, 1.165) is 6.54 Å². The zero-order valence-corrected chi connectivity index (χ0v) is 11.1. The molecule has 17 heavy (non-hydrogen) atoms. The summed E-state index contributed by atoms with van der Waals surface area (Å²) in [5.74, 6) is 0. The third-order valence-electron chi connectivity index (χ3n) is 3.79. The summed E-state index contributed by atoms with van der Waals surface area (Å²) in [6.45, 7) is 5.69. The Morgan fingerprint density at radius 2 is 2.06 bits per heavy atom. The third kappa shape index (κ3) is 3.83. The van der Waals surface area contributed by atoms with Gasteiger partial charge in [0, 0.05) is 12.6 Å². The van der Waals surface area contributed by atoms with E-state index in [1.165, 1.54) is 43.5 Å². The quantitative estimate of drug-likeness (QED) is 0.861. The van der Waals surface area contributed by atoms with Crippen LogP contribution in [-0.2, 0) is 6.54 Å². The molecule has 2 rings (SSSR count). The maximum absolute atomic E-state index is 3.71. The molecule has 1 aromatic carbocycles. The molecule has 2 nitrogen and oxygen atoms in total. The highest BCUT2D eigenvalue weighted by Crippen LogP contribution is 2.12. The van der Waals surface area contributed by atoms with E-state index in [9.17, 15) is 0 Å². The van der Waals surface area contributed by atoms with Gasteiger partial charge in [-0.3, -0.25) is 0 Å². The predicted molar refractivity (Wildman–Crippen MR) is 73.2 cm³/mol. The molecule has 1 unspecified atom stereocenters. The Kier molecular flexibility index (Phi) is 4.57. The van der Waals surface area contributed by atoms with Gasteiger partial charge >= 0.3 is 0 Å². The fourth-order valence-corrected chi connectivity index (χ4v) is 2.51. The molecule has 1 heterocycles. The predicted octanol–water partition coefficient (Wildman–Crippen LogP) is 2.57. The van der Waals surface area contributed by atoms with E-state index in [0.29, 0.717) is 6.04 Å². The zero-order valence-electron chi connectivity index (χ0n) is 11.1. The van der Waals surface area contributed by atoms with Crippen molar-refractivity contribution in [1.29, 1.82) is 0 Å². The molecular formula is C15H24N2. The number of nitrogens with zero attached hydrogens (tertiary/aromatic N) is 1. The minimum absolute atomic E-state index is 0.694. The van der Waals surface area contributed by atoms with E-state index >= 15 is 0 Å². The standard InChI is InChI=1S/C15H24N2/c1-13-6-3-4-7-14(13)12-16-15-8-5-10-17(2)11-9-15/h3-4,6-7,15-16H,5,8-12H2,1-2H3. The molecule has 0 spiro atoms. The van der Waals surface area contributed by atoms with Gasteiger partial charge in [0.05, 0.1) is 0 Å². The molecule has 0 saturated carbocycles. The van der Waals surface area contributed by atoms with Crippen LogP contribution in [0.15, 0.2) is 24.3 Å². The maximum atomic E-state index is 3.71. The first-order valence-electron chi connectivity index (χ1n) is 6.72. The van der Waals surface area contributed by atoms with Gasteiger partial charge in [0.25, 0.3) is 0 Å². The van der Waals surface area contributed by atoms with Gasteiger partial charge < -0.3 is 10.2 Å². The van der Waals surface area contributed by atoms with Crippen LogP contribution in [0.3, 0.4) is 0 Å². The van der Waals surface area contributed by atoms with Gasteiger partial charge in [0.15, 0.2) is 0 Å². The molecule has 1 atom stereocenters. The number of likely N-dealkylation sites (tertiary alicyclic amines) is 1. The Morgan fingerprint density at radius 1 is 1.24 bits per heavy atom. The summed E-state index contributed by atoms with van der Waals surface area (Å²) in [5, 5.41) is 3.71. The van der Waals surface area contributed by atoms with Crippen molar-refractivity contribution in [1.82, 2.24) is 10.2 Å². The first-order valence-corrected chi connectivity index (χ1v) is 6.72. The van der Waals surface area contributed by atoms with Crippen LogP contribution in [-0.4, -0.2) is 31.1 Å². The second kappa shape index (κ2) is 6.18. The number of benzene rings is 1. The van der Waals surface area contributed by atoms with Crippen molar-refractivity contribution in [3.63, 3.8) is 0 Å². The fourth-order valence-electron chi connectivity index (χ4n) is 2.51. The van der Waals surface area contributed by atoms with Gasteiger partial charge in [-0.25, -0.2) is 0 Å². The first kappa shape index (κ1) is 12.6. The van der Waals surface area contributed by atoms with E-state index < -0.39 is 0 Å². The van der Waals surface area contributed by atoms with Gasteiger partial charge in [-0.05, 0) is 57.5 Å². The van der Waals surface area contributed by atoms with E-state index in [4.69, 9.17) is 0 Å². The molecule has 1 N–H and O–H groups in total. The Hall–Kier alpha value is -0.860. The average Bonchev–Trinajstić information content (AvgIpc) is 2.53. The molecule has 1 aromatic rings. The van der Waals surface area contributed by atoms with Gasteiger partial charge in [0.1, 0.15) is 0 Å². The van der Waals surface area contributed by atoms with E-state index in [1.807, 2.05) is 0 Å². The Bertz CT molecular complexity index is 349. The van der Waals surface area contributed by atoms with E-state index in [1.54, 1.807) is 0 Å². The number of hydrogen-bond acceptors (Lipinski definition) is 2. The Morgan fingerprint density at radius 3 is 2.88 bits per heavy atom. The summed E-state index contributed by atoms with van der Waals surface area (Å²) >= 11 is 0. The summed E-state index contributed by atoms with van der Waals surface area (Å²) in [6.07, 6.45) is 3.92. The van der Waals surface area contributed by atoms with E-state index in [-0.39, 0.29) is 0 Å². The van der Waals surface area contributed by atoms with Crippen molar-refractivity contribution in [2.45, 2.75) is 38.8 Å². The van der Waals surface area contributed by atoms with Crippen molar-refractivity contribution in [3.05, 3.63) is 35.4 Å². The Labute approximate surface area is 105 Å². The summed E-state index contributed by atoms with van der Waals surface area (Å²) in [6, 6.07) is 9.35. The van der Waals surface area contributed by atoms with Crippen molar-refractivity contribution < 1.29 is 0 Å². The van der Waals surface area contributed by atoms with Crippen molar-refractivity contribution in [3.8, 4) is 0 Å². The largest absolute Gasteiger partial charge is 0.310 e. The number of nitrogens with one attached hydrogen (secondary N) is 1. The molecule has 1 aliphatic rings. The normalized spacial score (nSPS) is 22.4. The van der Waals surface area contributed by atoms with E-state index in [2.05, 4.69) is 48.5 Å². The van der Waals surface area contributed by atoms with Crippen LogP contribution in [0.25, 0.3) is 0 Å². The van der Waals surface area contributed by atoms with Gasteiger partial charge in [-0.15, -0.1) is 0 Å². The summed E-state index contributed by atoms with van der Waals surface area (Å²) in [7, 11) is 2.23. The van der Waals surface area contributed by atoms with Crippen molar-refractivity contribution in [2.75, 3.05) is 20.1 Å². The zero-order chi connectivity index (χ0) is 12.1. The lowest BCUT2D eigenvalue weighted by atomic mass is 10.1. The lowest BCUT2D eigenvalue weighted by molar-refractivity contribution is 0.343. The molecule has 0 amide bonds. The van der Waals surface area contributed by atoms with Crippen LogP contribution in [0, 0.1) is 6.92 Å². The molecule has 2 heteroatoms. The van der Waals surface area contributed by atoms with Gasteiger partial charge in [-0.1, -0.05) is 24.3 Å². The second-order valence-electron chi connectivity index (χ2n) is 5.24. The third-order valence-corrected chi connectivity index (χ3v) is 3.79. The van der Waals surface area contributed by atoms with Crippen LogP contribution < -0.4 is 5.32 Å². The molecule has 0 radical (unpaired) electrons. The summed E-state index contributed by atoms with van der Waals surface area (Å²) in [4.78, 5) is 2.44. The summed E-state index contributed by atoms with van der Waals surface area (Å²) in [5.41, 5.74) is 2.83. The van der Waals surface area contributed by atoms with Crippen LogP contribution in [0.4, 0.5) is 0 Å². The Balaban J connectivity index is 1.83. The lowest BCUT2D eigenvalue weighted by Gasteiger charge is -2.17. The molecule has 0 bridgehead atoms. The SMILES string of the molecule is Cc1ccccc1CNC1CCCN(C)CC1. The monoisotopic (exact) mass is 232 g/mol. The number of aryl methyl sites for hydroxylation is 1. The highest BCUT2D eigenvalue weighted by molar-refractivity contribution is 5.25. The molecule has 0 aromatic heterocycles. The van der Waals surface area contributed by atoms with Crippen LogP contribution >= 0.6 is 0 Å². The second-order valence-corrected chi connectivity index (χ2v) is 5.24. The molecule has 0 aliphatic carbocycles. The van der Waals surface area contributed by atoms with Crippen LogP contribution in [0.1, 0.15) is 30.4 Å². The minimum Gasteiger partial charge on any atom is -0.310 e. The molecule has 1 fully saturated rings. The van der Waals surface area contributed by atoms with Crippen molar-refractivity contribution >= 4 is 0 Å². The average molecular weight is 232 g/mol. The smallest absolute Gasteiger partial charge is 0.0210 e. The first-order chi connectivity index (χ1) is 8.25. The molecular weight excluding hydrogens is 208 g/mol. The van der Waals surface area contributed by atoms with Crippen LogP contribution in [0.2, 0.25) is 0 Å².